The van der Waals surface area contributed by atoms with Crippen molar-refractivity contribution in [2.45, 2.75) is 39.5 Å². The number of hydrogen-bond donors (Lipinski definition) is 1. The maximum absolute atomic E-state index is 5.38. The van der Waals surface area contributed by atoms with E-state index >= 15 is 0 Å². The highest BCUT2D eigenvalue weighted by atomic mass is 32.1. The van der Waals surface area contributed by atoms with Crippen LogP contribution in [0.1, 0.15) is 43.9 Å². The second-order valence-corrected chi connectivity index (χ2v) is 5.14. The number of H-pyrrole nitrogens is 1. The second kappa shape index (κ2) is 4.53. The van der Waals surface area contributed by atoms with Crippen LogP contribution in [0.5, 0.6) is 0 Å². The Morgan fingerprint density at radius 2 is 1.94 bits per heavy atom. The van der Waals surface area contributed by atoms with E-state index in [4.69, 9.17) is 12.2 Å². The number of aromatic amines is 1. The van der Waals surface area contributed by atoms with Crippen LogP contribution in [-0.2, 0) is 0 Å². The quantitative estimate of drug-likeness (QED) is 0.802. The van der Waals surface area contributed by atoms with Crippen LogP contribution in [0, 0.1) is 11.6 Å². The first kappa shape index (κ1) is 11.6. The number of hydrogen-bond acceptors (Lipinski definition) is 3. The largest absolute Gasteiger partial charge is 0.342 e. The van der Waals surface area contributed by atoms with E-state index in [2.05, 4.69) is 35.6 Å². The van der Waals surface area contributed by atoms with Crippen molar-refractivity contribution in [3.05, 3.63) is 15.9 Å². The van der Waals surface area contributed by atoms with Crippen molar-refractivity contribution in [1.29, 1.82) is 0 Å². The normalized spacial score (nSPS) is 16.1. The number of anilines is 1. The zero-order valence-electron chi connectivity index (χ0n) is 10.2. The molecule has 0 aliphatic carbocycles. The topological polar surface area (TPSA) is 31.9 Å². The van der Waals surface area contributed by atoms with E-state index in [0.29, 0.717) is 5.92 Å². The summed E-state index contributed by atoms with van der Waals surface area (Å²) in [5.41, 5.74) is 2.34. The standard InChI is InChI=1S/C12H19N3S/c1-8(2)10-9(3)13-12(14-11(10)16)15-6-4-5-7-15/h8H,4-7H2,1-3H3,(H,13,14,16). The molecular formula is C12H19N3S. The molecule has 16 heavy (non-hydrogen) atoms. The predicted molar refractivity (Wildman–Crippen MR) is 69.7 cm³/mol. The van der Waals surface area contributed by atoms with Gasteiger partial charge in [0.25, 0.3) is 0 Å². The molecule has 1 N–H and O–H groups in total. The zero-order chi connectivity index (χ0) is 11.7. The molecule has 3 nitrogen and oxygen atoms in total. The summed E-state index contributed by atoms with van der Waals surface area (Å²) >= 11 is 5.38. The molecule has 0 bridgehead atoms. The first-order valence-corrected chi connectivity index (χ1v) is 6.36. The van der Waals surface area contributed by atoms with Crippen LogP contribution < -0.4 is 4.90 Å². The summed E-state index contributed by atoms with van der Waals surface area (Å²) in [6, 6.07) is 0. The number of rotatable bonds is 2. The van der Waals surface area contributed by atoms with Crippen LogP contribution in [0.3, 0.4) is 0 Å². The molecule has 0 atom stereocenters. The van der Waals surface area contributed by atoms with E-state index in [1.54, 1.807) is 0 Å². The molecule has 0 radical (unpaired) electrons. The average Bonchev–Trinajstić information content (AvgIpc) is 2.67. The van der Waals surface area contributed by atoms with Crippen molar-refractivity contribution >= 4 is 18.2 Å². The molecule has 1 aliphatic rings. The predicted octanol–water partition coefficient (Wildman–Crippen LogP) is 3.17. The van der Waals surface area contributed by atoms with Gasteiger partial charge in [-0.05, 0) is 25.7 Å². The molecule has 1 saturated heterocycles. The van der Waals surface area contributed by atoms with Crippen molar-refractivity contribution in [1.82, 2.24) is 9.97 Å². The molecule has 0 amide bonds. The highest BCUT2D eigenvalue weighted by Gasteiger charge is 2.16. The number of nitrogens with zero attached hydrogens (tertiary/aromatic N) is 2. The SMILES string of the molecule is Cc1[nH]c(N2CCCC2)nc(=S)c1C(C)C. The average molecular weight is 237 g/mol. The molecule has 1 aromatic rings. The Morgan fingerprint density at radius 1 is 1.31 bits per heavy atom. The minimum absolute atomic E-state index is 0.434. The summed E-state index contributed by atoms with van der Waals surface area (Å²) in [4.78, 5) is 10.2. The number of nitrogens with one attached hydrogen (secondary N) is 1. The van der Waals surface area contributed by atoms with Crippen LogP contribution in [0.25, 0.3) is 0 Å². The maximum atomic E-state index is 5.38. The fourth-order valence-electron chi connectivity index (χ4n) is 2.34. The molecule has 0 spiro atoms. The van der Waals surface area contributed by atoms with Crippen molar-refractivity contribution in [3.8, 4) is 0 Å². The Kier molecular flexibility index (Phi) is 3.28. The van der Waals surface area contributed by atoms with E-state index < -0.39 is 0 Å². The van der Waals surface area contributed by atoms with E-state index in [-0.39, 0.29) is 0 Å². The van der Waals surface area contributed by atoms with Crippen molar-refractivity contribution in [3.63, 3.8) is 0 Å². The van der Waals surface area contributed by atoms with E-state index in [9.17, 15) is 0 Å². The van der Waals surface area contributed by atoms with Gasteiger partial charge in [0.15, 0.2) is 0 Å². The molecule has 1 fully saturated rings. The molecule has 1 aliphatic heterocycles. The first-order chi connectivity index (χ1) is 7.59. The van der Waals surface area contributed by atoms with Gasteiger partial charge in [0.05, 0.1) is 0 Å². The van der Waals surface area contributed by atoms with Gasteiger partial charge in [-0.2, -0.15) is 0 Å². The molecule has 0 aromatic carbocycles. The molecule has 88 valence electrons. The van der Waals surface area contributed by atoms with Crippen molar-refractivity contribution in [2.75, 3.05) is 18.0 Å². The minimum Gasteiger partial charge on any atom is -0.342 e. The fourth-order valence-corrected chi connectivity index (χ4v) is 2.81. The second-order valence-electron chi connectivity index (χ2n) is 4.75. The minimum atomic E-state index is 0.434. The Morgan fingerprint density at radius 3 is 2.44 bits per heavy atom. The smallest absolute Gasteiger partial charge is 0.204 e. The van der Waals surface area contributed by atoms with Crippen LogP contribution in [0.15, 0.2) is 0 Å². The Bertz CT molecular complexity index is 430. The van der Waals surface area contributed by atoms with Gasteiger partial charge >= 0.3 is 0 Å². The third-order valence-electron chi connectivity index (χ3n) is 3.12. The lowest BCUT2D eigenvalue weighted by molar-refractivity contribution is 0.805. The molecule has 0 unspecified atom stereocenters. The van der Waals surface area contributed by atoms with Gasteiger partial charge in [0.2, 0.25) is 5.95 Å². The van der Waals surface area contributed by atoms with Gasteiger partial charge in [0.1, 0.15) is 4.64 Å². The third-order valence-corrected chi connectivity index (χ3v) is 3.44. The van der Waals surface area contributed by atoms with Gasteiger partial charge in [0, 0.05) is 24.3 Å². The van der Waals surface area contributed by atoms with Crippen LogP contribution in [0.2, 0.25) is 0 Å². The van der Waals surface area contributed by atoms with E-state index in [1.807, 2.05) is 0 Å². The van der Waals surface area contributed by atoms with Crippen molar-refractivity contribution in [2.24, 2.45) is 0 Å². The molecule has 2 heterocycles. The lowest BCUT2D eigenvalue weighted by Gasteiger charge is -2.18. The lowest BCUT2D eigenvalue weighted by Crippen LogP contribution is -2.21. The monoisotopic (exact) mass is 237 g/mol. The third kappa shape index (κ3) is 2.12. The molecule has 0 saturated carbocycles. The van der Waals surface area contributed by atoms with Gasteiger partial charge < -0.3 is 9.88 Å². The molecule has 4 heteroatoms. The number of aryl methyl sites for hydroxylation is 1. The van der Waals surface area contributed by atoms with Gasteiger partial charge in [-0.1, -0.05) is 26.1 Å². The summed E-state index contributed by atoms with van der Waals surface area (Å²) in [6.45, 7) is 8.59. The van der Waals surface area contributed by atoms with Gasteiger partial charge in [-0.25, -0.2) is 4.98 Å². The van der Waals surface area contributed by atoms with Crippen LogP contribution in [0.4, 0.5) is 5.95 Å². The molecular weight excluding hydrogens is 218 g/mol. The molecule has 1 aromatic heterocycles. The lowest BCUT2D eigenvalue weighted by atomic mass is 10.0. The summed E-state index contributed by atoms with van der Waals surface area (Å²) < 4.78 is 0.758. The highest BCUT2D eigenvalue weighted by molar-refractivity contribution is 7.71. The highest BCUT2D eigenvalue weighted by Crippen LogP contribution is 2.22. The number of aromatic nitrogens is 2. The van der Waals surface area contributed by atoms with Crippen LogP contribution in [-0.4, -0.2) is 23.1 Å². The van der Waals surface area contributed by atoms with Gasteiger partial charge in [-0.3, -0.25) is 0 Å². The Balaban J connectivity index is 2.40. The molecule has 2 rings (SSSR count). The summed E-state index contributed by atoms with van der Waals surface area (Å²) in [5, 5.41) is 0. The van der Waals surface area contributed by atoms with E-state index in [1.165, 1.54) is 18.4 Å². The summed E-state index contributed by atoms with van der Waals surface area (Å²) in [5.74, 6) is 1.38. The Hall–Kier alpha value is -0.900. The van der Waals surface area contributed by atoms with E-state index in [0.717, 1.165) is 29.4 Å². The summed E-state index contributed by atoms with van der Waals surface area (Å²) in [7, 11) is 0. The van der Waals surface area contributed by atoms with Crippen molar-refractivity contribution < 1.29 is 0 Å². The first-order valence-electron chi connectivity index (χ1n) is 5.95. The maximum Gasteiger partial charge on any atom is 0.204 e. The van der Waals surface area contributed by atoms with Gasteiger partial charge in [-0.15, -0.1) is 0 Å². The van der Waals surface area contributed by atoms with Crippen LogP contribution >= 0.6 is 12.2 Å². The summed E-state index contributed by atoms with van der Waals surface area (Å²) in [6.07, 6.45) is 2.51. The Labute approximate surface area is 102 Å². The zero-order valence-corrected chi connectivity index (χ0v) is 11.0. The fraction of sp³-hybridized carbons (Fsp3) is 0.667.